The molecule has 1 saturated heterocycles. The molecule has 0 bridgehead atoms. The minimum absolute atomic E-state index is 0.335. The second-order valence-electron chi connectivity index (χ2n) is 5.08. The highest BCUT2D eigenvalue weighted by atomic mass is 19.1. The number of aromatic nitrogens is 2. The summed E-state index contributed by atoms with van der Waals surface area (Å²) in [6.45, 7) is -0.551. The van der Waals surface area contributed by atoms with Crippen molar-refractivity contribution in [2.45, 2.75) is 36.6 Å². The zero-order valence-corrected chi connectivity index (χ0v) is 11.1. The van der Waals surface area contributed by atoms with Gasteiger partial charge in [-0.25, -0.2) is 14.4 Å². The first kappa shape index (κ1) is 14.2. The molecule has 3 heterocycles. The monoisotopic (exact) mass is 294 g/mol. The quantitative estimate of drug-likeness (QED) is 0.642. The van der Waals surface area contributed by atoms with Crippen molar-refractivity contribution < 1.29 is 19.3 Å². The van der Waals surface area contributed by atoms with E-state index in [4.69, 9.17) is 22.0 Å². The Hall–Kier alpha value is -1.79. The Morgan fingerprint density at radius 3 is 3.10 bits per heavy atom. The maximum absolute atomic E-state index is 14.9. The Kier molecular flexibility index (Phi) is 3.30. The van der Waals surface area contributed by atoms with Gasteiger partial charge in [-0.15, -0.1) is 6.42 Å². The van der Waals surface area contributed by atoms with Crippen LogP contribution in [0, 0.1) is 12.3 Å². The van der Waals surface area contributed by atoms with E-state index in [1.165, 1.54) is 10.9 Å². The molecule has 1 unspecified atom stereocenters. The van der Waals surface area contributed by atoms with E-state index in [1.54, 1.807) is 6.21 Å². The van der Waals surface area contributed by atoms with Crippen LogP contribution in [-0.2, 0) is 4.74 Å². The molecule has 0 radical (unpaired) electrons. The average Bonchev–Trinajstić information content (AvgIpc) is 3.01. The van der Waals surface area contributed by atoms with E-state index in [1.807, 2.05) is 5.92 Å². The van der Waals surface area contributed by atoms with Crippen LogP contribution in [0.3, 0.4) is 0 Å². The summed E-state index contributed by atoms with van der Waals surface area (Å²) < 4.78 is 21.6. The van der Waals surface area contributed by atoms with Crippen LogP contribution in [0.5, 0.6) is 0 Å². The number of fused-ring (bicyclic) bond motifs is 1. The molecule has 1 fully saturated rings. The number of rotatable bonds is 2. The second kappa shape index (κ2) is 4.89. The zero-order valence-electron chi connectivity index (χ0n) is 11.1. The number of aliphatic imine (C=N–C) groups is 1. The number of nitrogens with zero attached hydrogens (tertiary/aromatic N) is 3. The first-order valence-electron chi connectivity index (χ1n) is 6.48. The third kappa shape index (κ3) is 1.90. The Labute approximate surface area is 120 Å². The second-order valence-corrected chi connectivity index (χ2v) is 5.08. The van der Waals surface area contributed by atoms with E-state index in [0.29, 0.717) is 17.9 Å². The lowest BCUT2D eigenvalue weighted by molar-refractivity contribution is -0.0513. The van der Waals surface area contributed by atoms with Gasteiger partial charge in [0.05, 0.1) is 19.0 Å². The summed E-state index contributed by atoms with van der Waals surface area (Å²) in [5.74, 6) is 2.28. The van der Waals surface area contributed by atoms with Gasteiger partial charge >= 0.3 is 0 Å². The largest absolute Gasteiger partial charge is 0.394 e. The molecule has 0 amide bonds. The highest BCUT2D eigenvalue weighted by Crippen LogP contribution is 2.44. The Morgan fingerprint density at radius 1 is 1.67 bits per heavy atom. The molecule has 7 nitrogen and oxygen atoms in total. The number of ether oxygens (including phenoxy) is 1. The molecular formula is C13H15FN4O3. The third-order valence-electron chi connectivity index (χ3n) is 3.82. The minimum atomic E-state index is -2.49. The van der Waals surface area contributed by atoms with Crippen LogP contribution in [0.15, 0.2) is 11.3 Å². The van der Waals surface area contributed by atoms with Crippen LogP contribution in [0.2, 0.25) is 0 Å². The lowest BCUT2D eigenvalue weighted by Crippen LogP contribution is -2.42. The summed E-state index contributed by atoms with van der Waals surface area (Å²) in [5.41, 5.74) is 3.94. The van der Waals surface area contributed by atoms with Crippen LogP contribution in [-0.4, -0.2) is 50.5 Å². The van der Waals surface area contributed by atoms with Crippen molar-refractivity contribution in [1.82, 2.24) is 9.55 Å². The van der Waals surface area contributed by atoms with Gasteiger partial charge < -0.3 is 20.7 Å². The predicted octanol–water partition coefficient (Wildman–Crippen LogP) is -0.419. The number of terminal acetylenes is 1. The summed E-state index contributed by atoms with van der Waals surface area (Å²) in [5, 5.41) is 19.1. The van der Waals surface area contributed by atoms with Crippen molar-refractivity contribution in [3.63, 3.8) is 0 Å². The summed E-state index contributed by atoms with van der Waals surface area (Å²) in [7, 11) is 0. The summed E-state index contributed by atoms with van der Waals surface area (Å²) in [4.78, 5) is 8.28. The number of halogens is 1. The normalized spacial score (nSPS) is 38.2. The van der Waals surface area contributed by atoms with Gasteiger partial charge in [-0.1, -0.05) is 5.92 Å². The molecule has 2 aliphatic rings. The smallest absolute Gasteiger partial charge is 0.243 e. The number of hydrogen-bond acceptors (Lipinski definition) is 6. The fourth-order valence-electron chi connectivity index (χ4n) is 2.62. The summed E-state index contributed by atoms with van der Waals surface area (Å²) >= 11 is 0. The molecule has 2 aliphatic heterocycles. The molecule has 8 heteroatoms. The highest BCUT2D eigenvalue weighted by Gasteiger charge is 2.57. The van der Waals surface area contributed by atoms with Crippen LogP contribution in [0.1, 0.15) is 24.4 Å². The molecule has 1 aromatic rings. The Bertz CT molecular complexity index is 625. The third-order valence-corrected chi connectivity index (χ3v) is 3.82. The summed E-state index contributed by atoms with van der Waals surface area (Å²) in [6, 6.07) is -0.335. The molecule has 0 saturated carbocycles. The predicted molar refractivity (Wildman–Crippen MR) is 71.6 cm³/mol. The zero-order chi connectivity index (χ0) is 15.2. The van der Waals surface area contributed by atoms with E-state index >= 15 is 0 Å². The van der Waals surface area contributed by atoms with Crippen molar-refractivity contribution in [2.75, 3.05) is 6.61 Å². The Balaban J connectivity index is 2.05. The average molecular weight is 294 g/mol. The van der Waals surface area contributed by atoms with Gasteiger partial charge in [-0.05, 0) is 0 Å². The molecular weight excluding hydrogens is 279 g/mol. The number of hydrogen-bond donors (Lipinski definition) is 3. The minimum Gasteiger partial charge on any atom is -0.394 e. The fourth-order valence-corrected chi connectivity index (χ4v) is 2.62. The summed E-state index contributed by atoms with van der Waals surface area (Å²) in [6.07, 6.45) is 4.62. The molecule has 0 aromatic carbocycles. The maximum Gasteiger partial charge on any atom is 0.243 e. The Morgan fingerprint density at radius 2 is 2.43 bits per heavy atom. The van der Waals surface area contributed by atoms with Crippen LogP contribution in [0.25, 0.3) is 0 Å². The number of nitrogens with two attached hydrogens (primary N) is 1. The van der Waals surface area contributed by atoms with E-state index in [-0.39, 0.29) is 6.04 Å². The first-order valence-corrected chi connectivity index (χ1v) is 6.48. The molecule has 4 N–H and O–H groups in total. The molecule has 0 spiro atoms. The molecule has 3 rings (SSSR count). The topological polar surface area (TPSA) is 106 Å². The van der Waals surface area contributed by atoms with Gasteiger partial charge in [0.1, 0.15) is 17.9 Å². The van der Waals surface area contributed by atoms with Crippen molar-refractivity contribution >= 4 is 12.0 Å². The molecule has 0 aliphatic carbocycles. The van der Waals surface area contributed by atoms with Crippen LogP contribution in [0.4, 0.5) is 10.2 Å². The number of aliphatic hydroxyl groups is 2. The number of aliphatic hydroxyl groups excluding tert-OH is 2. The van der Waals surface area contributed by atoms with E-state index in [0.717, 1.165) is 0 Å². The molecule has 5 atom stereocenters. The van der Waals surface area contributed by atoms with E-state index in [9.17, 15) is 9.50 Å². The first-order chi connectivity index (χ1) is 10.0. The highest BCUT2D eigenvalue weighted by molar-refractivity contribution is 5.67. The SMILES string of the molecule is C#C[C@@]1(F)[C@H](O)[C@@H](CO)O[C@H]1n1cnc2c1N=CCC2N. The fraction of sp³-hybridized carbons (Fsp3) is 0.538. The van der Waals surface area contributed by atoms with Gasteiger partial charge in [0.25, 0.3) is 0 Å². The van der Waals surface area contributed by atoms with Crippen molar-refractivity contribution in [2.24, 2.45) is 10.7 Å². The van der Waals surface area contributed by atoms with Crippen molar-refractivity contribution in [3.8, 4) is 12.3 Å². The van der Waals surface area contributed by atoms with Crippen LogP contribution >= 0.6 is 0 Å². The van der Waals surface area contributed by atoms with Gasteiger partial charge in [0, 0.05) is 12.6 Å². The van der Waals surface area contributed by atoms with E-state index in [2.05, 4.69) is 9.98 Å². The van der Waals surface area contributed by atoms with Crippen LogP contribution < -0.4 is 5.73 Å². The molecule has 1 aromatic heterocycles. The van der Waals surface area contributed by atoms with Gasteiger partial charge in [0.2, 0.25) is 5.67 Å². The van der Waals surface area contributed by atoms with Crippen molar-refractivity contribution in [3.05, 3.63) is 12.0 Å². The van der Waals surface area contributed by atoms with Gasteiger partial charge in [0.15, 0.2) is 12.0 Å². The lowest BCUT2D eigenvalue weighted by Gasteiger charge is -2.25. The number of alkyl halides is 1. The molecule has 112 valence electrons. The number of imidazole rings is 1. The molecule has 21 heavy (non-hydrogen) atoms. The van der Waals surface area contributed by atoms with Gasteiger partial charge in [-0.2, -0.15) is 0 Å². The van der Waals surface area contributed by atoms with Gasteiger partial charge in [-0.3, -0.25) is 4.57 Å². The van der Waals surface area contributed by atoms with E-state index < -0.39 is 30.7 Å². The standard InChI is InChI=1S/C13H15FN4O3/c1-2-13(14)10(20)8(5-19)21-12(13)18-6-17-9-7(15)3-4-16-11(9)18/h1,4,6-8,10,12,19-20H,3,5,15H2/t7?,8-,10-,12-,13-/m1/s1. The van der Waals surface area contributed by atoms with Crippen molar-refractivity contribution in [1.29, 1.82) is 0 Å². The lowest BCUT2D eigenvalue weighted by atomic mass is 9.97. The maximum atomic E-state index is 14.9.